The lowest BCUT2D eigenvalue weighted by Crippen LogP contribution is -2.23. The molecule has 3 aromatic rings. The highest BCUT2D eigenvalue weighted by Crippen LogP contribution is 2.29. The molecular formula is C18H12Cl2N2O2. The first-order valence-electron chi connectivity index (χ1n) is 7.10. The summed E-state index contributed by atoms with van der Waals surface area (Å²) in [6.07, 6.45) is 0. The van der Waals surface area contributed by atoms with E-state index in [2.05, 4.69) is 10.3 Å². The maximum Gasteiger partial charge on any atom is 0.261 e. The van der Waals surface area contributed by atoms with Crippen LogP contribution in [-0.4, -0.2) is 10.9 Å². The topological polar surface area (TPSA) is 62.0 Å². The minimum atomic E-state index is -0.556. The number of carbonyl (C=O) groups is 1. The van der Waals surface area contributed by atoms with E-state index in [1.807, 2.05) is 30.3 Å². The maximum atomic E-state index is 12.3. The third-order valence-corrected chi connectivity index (χ3v) is 4.26. The summed E-state index contributed by atoms with van der Waals surface area (Å²) in [5, 5.41) is 3.14. The zero-order valence-electron chi connectivity index (χ0n) is 12.3. The van der Waals surface area contributed by atoms with Crippen LogP contribution in [0.5, 0.6) is 0 Å². The fourth-order valence-electron chi connectivity index (χ4n) is 2.23. The minimum absolute atomic E-state index is 0.00859. The SMILES string of the molecule is O=C(Nc1cccc(Cl)c1Cl)c1ccc(-c2ccccc2)[nH]c1=O. The summed E-state index contributed by atoms with van der Waals surface area (Å²) < 4.78 is 0. The van der Waals surface area contributed by atoms with Crippen molar-refractivity contribution < 1.29 is 4.79 Å². The van der Waals surface area contributed by atoms with Gasteiger partial charge in [0.15, 0.2) is 0 Å². The van der Waals surface area contributed by atoms with Gasteiger partial charge in [0.2, 0.25) is 0 Å². The van der Waals surface area contributed by atoms with Crippen LogP contribution in [0.25, 0.3) is 11.3 Å². The molecule has 0 saturated heterocycles. The average Bonchev–Trinajstić information content (AvgIpc) is 2.59. The van der Waals surface area contributed by atoms with Crippen molar-refractivity contribution in [3.05, 3.63) is 86.6 Å². The lowest BCUT2D eigenvalue weighted by molar-refractivity contribution is 0.102. The third-order valence-electron chi connectivity index (χ3n) is 3.44. The first kappa shape index (κ1) is 16.3. The van der Waals surface area contributed by atoms with E-state index in [4.69, 9.17) is 23.2 Å². The second kappa shape index (κ2) is 6.91. The number of rotatable bonds is 3. The molecule has 24 heavy (non-hydrogen) atoms. The summed E-state index contributed by atoms with van der Waals surface area (Å²) >= 11 is 11.9. The third kappa shape index (κ3) is 3.35. The molecular weight excluding hydrogens is 347 g/mol. The molecule has 0 radical (unpaired) electrons. The largest absolute Gasteiger partial charge is 0.321 e. The molecule has 0 aliphatic carbocycles. The molecule has 3 rings (SSSR count). The highest BCUT2D eigenvalue weighted by Gasteiger charge is 2.14. The van der Waals surface area contributed by atoms with Gasteiger partial charge in [0.05, 0.1) is 15.7 Å². The molecule has 4 nitrogen and oxygen atoms in total. The van der Waals surface area contributed by atoms with Crippen molar-refractivity contribution >= 4 is 34.8 Å². The van der Waals surface area contributed by atoms with Crippen molar-refractivity contribution in [2.45, 2.75) is 0 Å². The van der Waals surface area contributed by atoms with Gasteiger partial charge in [-0.05, 0) is 29.8 Å². The van der Waals surface area contributed by atoms with Crippen LogP contribution in [0.3, 0.4) is 0 Å². The van der Waals surface area contributed by atoms with Crippen LogP contribution in [-0.2, 0) is 0 Å². The molecule has 1 heterocycles. The number of H-pyrrole nitrogens is 1. The van der Waals surface area contributed by atoms with Gasteiger partial charge in [0, 0.05) is 5.69 Å². The van der Waals surface area contributed by atoms with Gasteiger partial charge in [-0.1, -0.05) is 59.6 Å². The molecule has 2 aromatic carbocycles. The number of pyridine rings is 1. The summed E-state index contributed by atoms with van der Waals surface area (Å²) in [5.41, 5.74) is 1.36. The van der Waals surface area contributed by atoms with Crippen molar-refractivity contribution in [1.82, 2.24) is 4.98 Å². The van der Waals surface area contributed by atoms with Crippen molar-refractivity contribution in [2.24, 2.45) is 0 Å². The molecule has 0 saturated carbocycles. The van der Waals surface area contributed by atoms with Crippen molar-refractivity contribution in [3.63, 3.8) is 0 Å². The van der Waals surface area contributed by atoms with Crippen LogP contribution in [0.1, 0.15) is 10.4 Å². The Bertz CT molecular complexity index is 953. The number of amides is 1. The smallest absolute Gasteiger partial charge is 0.261 e. The van der Waals surface area contributed by atoms with Crippen LogP contribution >= 0.6 is 23.2 Å². The molecule has 0 fully saturated rings. The molecule has 0 aliphatic rings. The molecule has 0 unspecified atom stereocenters. The van der Waals surface area contributed by atoms with Crippen LogP contribution < -0.4 is 10.9 Å². The van der Waals surface area contributed by atoms with Gasteiger partial charge in [-0.3, -0.25) is 9.59 Å². The van der Waals surface area contributed by atoms with Crippen LogP contribution in [0.2, 0.25) is 10.0 Å². The first-order valence-corrected chi connectivity index (χ1v) is 7.86. The highest BCUT2D eigenvalue weighted by molar-refractivity contribution is 6.44. The number of hydrogen-bond acceptors (Lipinski definition) is 2. The van der Waals surface area contributed by atoms with E-state index in [9.17, 15) is 9.59 Å². The highest BCUT2D eigenvalue weighted by atomic mass is 35.5. The number of nitrogens with one attached hydrogen (secondary N) is 2. The monoisotopic (exact) mass is 358 g/mol. The van der Waals surface area contributed by atoms with Crippen molar-refractivity contribution in [1.29, 1.82) is 0 Å². The quantitative estimate of drug-likeness (QED) is 0.718. The Morgan fingerprint density at radius 2 is 1.67 bits per heavy atom. The molecule has 0 atom stereocenters. The summed E-state index contributed by atoms with van der Waals surface area (Å²) in [6, 6.07) is 17.4. The van der Waals surface area contributed by atoms with E-state index in [0.717, 1.165) is 5.56 Å². The lowest BCUT2D eigenvalue weighted by Gasteiger charge is -2.08. The zero-order valence-corrected chi connectivity index (χ0v) is 13.9. The Labute approximate surface area is 148 Å². The van der Waals surface area contributed by atoms with Crippen LogP contribution in [0.15, 0.2) is 65.5 Å². The number of halogens is 2. The number of hydrogen-bond donors (Lipinski definition) is 2. The summed E-state index contributed by atoms with van der Waals surface area (Å²) in [7, 11) is 0. The van der Waals surface area contributed by atoms with E-state index < -0.39 is 11.5 Å². The second-order valence-electron chi connectivity index (χ2n) is 5.04. The number of benzene rings is 2. The second-order valence-corrected chi connectivity index (χ2v) is 5.82. The summed E-state index contributed by atoms with van der Waals surface area (Å²) in [5.74, 6) is -0.556. The van der Waals surface area contributed by atoms with E-state index >= 15 is 0 Å². The Morgan fingerprint density at radius 1 is 0.917 bits per heavy atom. The average molecular weight is 359 g/mol. The molecule has 6 heteroatoms. The maximum absolute atomic E-state index is 12.3. The summed E-state index contributed by atoms with van der Waals surface area (Å²) in [4.78, 5) is 27.2. The van der Waals surface area contributed by atoms with E-state index in [1.165, 1.54) is 6.07 Å². The predicted molar refractivity (Wildman–Crippen MR) is 96.9 cm³/mol. The van der Waals surface area contributed by atoms with E-state index in [0.29, 0.717) is 16.4 Å². The molecule has 0 spiro atoms. The fourth-order valence-corrected chi connectivity index (χ4v) is 2.58. The molecule has 1 amide bonds. The van der Waals surface area contributed by atoms with Crippen LogP contribution in [0.4, 0.5) is 5.69 Å². The Kier molecular flexibility index (Phi) is 4.69. The van der Waals surface area contributed by atoms with E-state index in [-0.39, 0.29) is 10.6 Å². The van der Waals surface area contributed by atoms with Gasteiger partial charge in [0.1, 0.15) is 5.56 Å². The number of anilines is 1. The van der Waals surface area contributed by atoms with E-state index in [1.54, 1.807) is 24.3 Å². The molecule has 0 bridgehead atoms. The molecule has 0 aliphatic heterocycles. The number of aromatic nitrogens is 1. The predicted octanol–water partition coefficient (Wildman–Crippen LogP) is 4.60. The Morgan fingerprint density at radius 3 is 2.38 bits per heavy atom. The molecule has 120 valence electrons. The van der Waals surface area contributed by atoms with Crippen molar-refractivity contribution in [2.75, 3.05) is 5.32 Å². The normalized spacial score (nSPS) is 10.4. The van der Waals surface area contributed by atoms with Gasteiger partial charge in [-0.15, -0.1) is 0 Å². The van der Waals surface area contributed by atoms with Crippen molar-refractivity contribution in [3.8, 4) is 11.3 Å². The summed E-state index contributed by atoms with van der Waals surface area (Å²) in [6.45, 7) is 0. The minimum Gasteiger partial charge on any atom is -0.321 e. The standard InChI is InChI=1S/C18H12Cl2N2O2/c19-13-7-4-8-15(16(13)20)22-18(24)12-9-10-14(21-17(12)23)11-5-2-1-3-6-11/h1-10H,(H,21,23)(H,22,24). The molecule has 1 aromatic heterocycles. The van der Waals surface area contributed by atoms with Crippen LogP contribution in [0, 0.1) is 0 Å². The first-order chi connectivity index (χ1) is 11.6. The number of carbonyl (C=O) groups excluding carboxylic acids is 1. The van der Waals surface area contributed by atoms with Gasteiger partial charge < -0.3 is 10.3 Å². The fraction of sp³-hybridized carbons (Fsp3) is 0. The molecule has 2 N–H and O–H groups in total. The Hall–Kier alpha value is -2.56. The Balaban J connectivity index is 1.88. The lowest BCUT2D eigenvalue weighted by atomic mass is 10.1. The van der Waals surface area contributed by atoms with Gasteiger partial charge >= 0.3 is 0 Å². The van der Waals surface area contributed by atoms with Gasteiger partial charge in [0.25, 0.3) is 11.5 Å². The zero-order chi connectivity index (χ0) is 17.1. The van der Waals surface area contributed by atoms with Gasteiger partial charge in [-0.2, -0.15) is 0 Å². The van der Waals surface area contributed by atoms with Gasteiger partial charge in [-0.25, -0.2) is 0 Å². The number of aromatic amines is 1.